The van der Waals surface area contributed by atoms with Crippen molar-refractivity contribution in [3.8, 4) is 0 Å². The lowest BCUT2D eigenvalue weighted by Crippen LogP contribution is -2.08. The van der Waals surface area contributed by atoms with Crippen LogP contribution in [0, 0.1) is 0 Å². The zero-order valence-corrected chi connectivity index (χ0v) is 16.3. The summed E-state index contributed by atoms with van der Waals surface area (Å²) in [6, 6.07) is 15.4. The lowest BCUT2D eigenvalue weighted by atomic mass is 10.0. The summed E-state index contributed by atoms with van der Waals surface area (Å²) in [5, 5.41) is 0. The molecule has 0 amide bonds. The fourth-order valence-electron chi connectivity index (χ4n) is 3.42. The van der Waals surface area contributed by atoms with Crippen LogP contribution >= 0.6 is 0 Å². The van der Waals surface area contributed by atoms with Gasteiger partial charge in [0.2, 0.25) is 0 Å². The van der Waals surface area contributed by atoms with E-state index in [1.165, 1.54) is 0 Å². The maximum atomic E-state index is 12.2. The van der Waals surface area contributed by atoms with Crippen LogP contribution in [0.4, 0.5) is 0 Å². The largest absolute Gasteiger partial charge is 0.462 e. The average molecular weight is 380 g/mol. The number of fused-ring (bicyclic) bond motifs is 4. The molecule has 0 aliphatic carbocycles. The summed E-state index contributed by atoms with van der Waals surface area (Å²) < 4.78 is 10.8. The number of aryl methyl sites for hydroxylation is 2. The predicted molar refractivity (Wildman–Crippen MR) is 109 cm³/mol. The van der Waals surface area contributed by atoms with Gasteiger partial charge in [0, 0.05) is 0 Å². The molecule has 0 radical (unpaired) electrons. The molecule has 4 bridgehead atoms. The van der Waals surface area contributed by atoms with Crippen molar-refractivity contribution in [3.63, 3.8) is 0 Å². The summed E-state index contributed by atoms with van der Waals surface area (Å²) in [6.07, 6.45) is 7.41. The Kier molecular flexibility index (Phi) is 7.65. The van der Waals surface area contributed by atoms with E-state index < -0.39 is 0 Å². The molecule has 28 heavy (non-hydrogen) atoms. The van der Waals surface area contributed by atoms with Crippen LogP contribution in [0.1, 0.15) is 70.4 Å². The molecule has 2 aromatic carbocycles. The van der Waals surface area contributed by atoms with Gasteiger partial charge in [-0.3, -0.25) is 0 Å². The number of benzene rings is 2. The molecule has 0 saturated heterocycles. The Labute approximate surface area is 166 Å². The minimum absolute atomic E-state index is 0.240. The number of hydrogen-bond donors (Lipinski definition) is 0. The number of carbonyl (C=O) groups is 2. The van der Waals surface area contributed by atoms with Crippen LogP contribution in [0.15, 0.2) is 48.5 Å². The molecule has 1 aliphatic rings. The molecule has 4 heteroatoms. The molecule has 3 rings (SSSR count). The molecular weight excluding hydrogens is 352 g/mol. The topological polar surface area (TPSA) is 52.6 Å². The molecule has 1 aliphatic heterocycles. The van der Waals surface area contributed by atoms with Gasteiger partial charge in [0.25, 0.3) is 0 Å². The number of esters is 2. The van der Waals surface area contributed by atoms with E-state index in [2.05, 4.69) is 0 Å². The molecular formula is C24H28O4. The first-order valence-corrected chi connectivity index (χ1v) is 10.2. The van der Waals surface area contributed by atoms with Gasteiger partial charge in [0.15, 0.2) is 0 Å². The third-order valence-electron chi connectivity index (χ3n) is 5.01. The Hall–Kier alpha value is -2.62. The van der Waals surface area contributed by atoms with Crippen LogP contribution in [-0.4, -0.2) is 25.2 Å². The van der Waals surface area contributed by atoms with Gasteiger partial charge in [0.1, 0.15) is 0 Å². The van der Waals surface area contributed by atoms with Crippen LogP contribution < -0.4 is 0 Å². The van der Waals surface area contributed by atoms with E-state index in [9.17, 15) is 9.59 Å². The molecule has 0 unspecified atom stereocenters. The van der Waals surface area contributed by atoms with Crippen molar-refractivity contribution in [1.82, 2.24) is 0 Å². The second-order valence-electron chi connectivity index (χ2n) is 7.29. The lowest BCUT2D eigenvalue weighted by Gasteiger charge is -2.09. The zero-order valence-electron chi connectivity index (χ0n) is 16.3. The number of ether oxygens (including phenoxy) is 2. The average Bonchev–Trinajstić information content (AvgIpc) is 2.72. The van der Waals surface area contributed by atoms with E-state index in [0.29, 0.717) is 24.3 Å². The molecule has 0 N–H and O–H groups in total. The van der Waals surface area contributed by atoms with Crippen molar-refractivity contribution in [2.75, 3.05) is 13.2 Å². The van der Waals surface area contributed by atoms with Gasteiger partial charge in [-0.15, -0.1) is 0 Å². The number of cyclic esters (lactones) is 2. The van der Waals surface area contributed by atoms with E-state index in [1.54, 1.807) is 0 Å². The van der Waals surface area contributed by atoms with Gasteiger partial charge >= 0.3 is 11.9 Å². The molecule has 4 nitrogen and oxygen atoms in total. The van der Waals surface area contributed by atoms with Crippen LogP contribution in [0.2, 0.25) is 0 Å². The second kappa shape index (κ2) is 10.6. The van der Waals surface area contributed by atoms with Gasteiger partial charge < -0.3 is 9.47 Å². The third kappa shape index (κ3) is 6.22. The third-order valence-corrected chi connectivity index (χ3v) is 5.01. The SMILES string of the molecule is O=C1OCCCCCc2cccc(c2)C(=O)OCCCCCc2cccc1c2. The van der Waals surface area contributed by atoms with E-state index in [4.69, 9.17) is 9.47 Å². The molecule has 0 spiro atoms. The summed E-state index contributed by atoms with van der Waals surface area (Å²) in [4.78, 5) is 24.5. The molecule has 1 heterocycles. The first kappa shape index (κ1) is 20.1. The quantitative estimate of drug-likeness (QED) is 0.594. The highest BCUT2D eigenvalue weighted by atomic mass is 16.5. The van der Waals surface area contributed by atoms with Crippen molar-refractivity contribution in [1.29, 1.82) is 0 Å². The fraction of sp³-hybridized carbons (Fsp3) is 0.417. The van der Waals surface area contributed by atoms with Crippen LogP contribution in [0.5, 0.6) is 0 Å². The number of rotatable bonds is 0. The molecule has 2 aromatic rings. The Bertz CT molecular complexity index is 729. The fourth-order valence-corrected chi connectivity index (χ4v) is 3.42. The van der Waals surface area contributed by atoms with Crippen molar-refractivity contribution in [2.45, 2.75) is 51.4 Å². The standard InChI is InChI=1S/C24H28O4/c25-23-22-14-8-12-20(18-22)10-4-2-6-16-28-24(26)21-13-7-11-19(17-21)9-3-1-5-15-27-23/h7-8,11-14,17-18H,1-6,9-10,15-16H2. The highest BCUT2D eigenvalue weighted by Gasteiger charge is 2.10. The Morgan fingerprint density at radius 3 is 1.50 bits per heavy atom. The van der Waals surface area contributed by atoms with Gasteiger partial charge in [-0.2, -0.15) is 0 Å². The Morgan fingerprint density at radius 1 is 0.571 bits per heavy atom. The van der Waals surface area contributed by atoms with E-state index in [1.807, 2.05) is 48.5 Å². The van der Waals surface area contributed by atoms with E-state index >= 15 is 0 Å². The van der Waals surface area contributed by atoms with E-state index in [-0.39, 0.29) is 11.9 Å². The molecule has 148 valence electrons. The zero-order chi connectivity index (χ0) is 19.6. The predicted octanol–water partition coefficient (Wildman–Crippen LogP) is 5.14. The second-order valence-corrected chi connectivity index (χ2v) is 7.29. The summed E-state index contributed by atoms with van der Waals surface area (Å²) in [7, 11) is 0. The number of carbonyl (C=O) groups excluding carboxylic acids is 2. The minimum atomic E-state index is -0.240. The maximum Gasteiger partial charge on any atom is 0.338 e. The van der Waals surface area contributed by atoms with Crippen molar-refractivity contribution in [3.05, 3.63) is 70.8 Å². The van der Waals surface area contributed by atoms with Crippen LogP contribution in [-0.2, 0) is 22.3 Å². The summed E-state index contributed by atoms with van der Waals surface area (Å²) >= 11 is 0. The van der Waals surface area contributed by atoms with Gasteiger partial charge in [0.05, 0.1) is 24.3 Å². The molecule has 0 atom stereocenters. The van der Waals surface area contributed by atoms with Crippen LogP contribution in [0.25, 0.3) is 0 Å². The molecule has 0 fully saturated rings. The van der Waals surface area contributed by atoms with Crippen molar-refractivity contribution < 1.29 is 19.1 Å². The highest BCUT2D eigenvalue weighted by Crippen LogP contribution is 2.14. The summed E-state index contributed by atoms with van der Waals surface area (Å²) in [5.74, 6) is -0.480. The van der Waals surface area contributed by atoms with Gasteiger partial charge in [-0.25, -0.2) is 9.59 Å². The summed E-state index contributed by atoms with van der Waals surface area (Å²) in [6.45, 7) is 0.880. The first-order valence-electron chi connectivity index (χ1n) is 10.2. The van der Waals surface area contributed by atoms with Crippen molar-refractivity contribution >= 4 is 11.9 Å². The minimum Gasteiger partial charge on any atom is -0.462 e. The lowest BCUT2D eigenvalue weighted by molar-refractivity contribution is 0.0489. The Balaban J connectivity index is 1.62. The van der Waals surface area contributed by atoms with E-state index in [0.717, 1.165) is 62.5 Å². The van der Waals surface area contributed by atoms with Gasteiger partial charge in [-0.1, -0.05) is 24.3 Å². The Morgan fingerprint density at radius 2 is 1.04 bits per heavy atom. The smallest absolute Gasteiger partial charge is 0.338 e. The normalized spacial score (nSPS) is 17.3. The molecule has 0 aromatic heterocycles. The highest BCUT2D eigenvalue weighted by molar-refractivity contribution is 5.90. The van der Waals surface area contributed by atoms with Gasteiger partial charge in [-0.05, 0) is 86.8 Å². The van der Waals surface area contributed by atoms with Crippen LogP contribution in [0.3, 0.4) is 0 Å². The van der Waals surface area contributed by atoms with Crippen molar-refractivity contribution in [2.24, 2.45) is 0 Å². The number of hydrogen-bond acceptors (Lipinski definition) is 4. The maximum absolute atomic E-state index is 12.2. The first-order chi connectivity index (χ1) is 13.7. The monoisotopic (exact) mass is 380 g/mol. The summed E-state index contributed by atoms with van der Waals surface area (Å²) in [5.41, 5.74) is 3.52. The molecule has 0 saturated carbocycles.